The predicted octanol–water partition coefficient (Wildman–Crippen LogP) is 4.62. The van der Waals surface area contributed by atoms with Gasteiger partial charge in [-0.1, -0.05) is 49.8 Å². The van der Waals surface area contributed by atoms with Crippen molar-refractivity contribution in [1.29, 1.82) is 0 Å². The number of alkyl halides is 3. The lowest BCUT2D eigenvalue weighted by Gasteiger charge is -2.23. The Labute approximate surface area is 99.2 Å². The van der Waals surface area contributed by atoms with Crippen molar-refractivity contribution in [2.24, 2.45) is 0 Å². The van der Waals surface area contributed by atoms with Gasteiger partial charge < -0.3 is 0 Å². The third kappa shape index (κ3) is 1.99. The van der Waals surface area contributed by atoms with Crippen LogP contribution in [0.4, 0.5) is 13.2 Å². The molecule has 1 atom stereocenters. The zero-order chi connectivity index (χ0) is 12.5. The summed E-state index contributed by atoms with van der Waals surface area (Å²) in [6.07, 6.45) is -0.559. The first kappa shape index (κ1) is 12.2. The zero-order valence-electron chi connectivity index (χ0n) is 9.72. The molecule has 1 aliphatic carbocycles. The van der Waals surface area contributed by atoms with Crippen molar-refractivity contribution in [2.75, 3.05) is 0 Å². The molecule has 0 aliphatic heterocycles. The van der Waals surface area contributed by atoms with Crippen LogP contribution >= 0.6 is 0 Å². The zero-order valence-corrected chi connectivity index (χ0v) is 9.72. The number of rotatable bonds is 4. The second-order valence-electron chi connectivity index (χ2n) is 4.44. The second-order valence-corrected chi connectivity index (χ2v) is 4.44. The van der Waals surface area contributed by atoms with Crippen LogP contribution in [0.25, 0.3) is 0 Å². The maximum Gasteiger partial charge on any atom is 0.405 e. The number of halogens is 3. The van der Waals surface area contributed by atoms with E-state index < -0.39 is 11.6 Å². The Bertz CT molecular complexity index is 417. The van der Waals surface area contributed by atoms with E-state index in [1.54, 1.807) is 30.3 Å². The first-order valence-corrected chi connectivity index (χ1v) is 5.87. The molecule has 0 saturated heterocycles. The smallest absolute Gasteiger partial charge is 0.169 e. The van der Waals surface area contributed by atoms with E-state index in [1.165, 1.54) is 6.08 Å². The molecule has 0 N–H and O–H groups in total. The molecule has 1 aromatic carbocycles. The van der Waals surface area contributed by atoms with Gasteiger partial charge in [-0.2, -0.15) is 13.2 Å². The minimum absolute atomic E-state index is 0.346. The minimum Gasteiger partial charge on any atom is -0.169 e. The van der Waals surface area contributed by atoms with Crippen LogP contribution in [0.5, 0.6) is 0 Å². The molecule has 0 aromatic heterocycles. The number of allylic oxidation sites excluding steroid dienone is 2. The van der Waals surface area contributed by atoms with Gasteiger partial charge in [0.1, 0.15) is 5.41 Å². The third-order valence-electron chi connectivity index (χ3n) is 3.29. The minimum atomic E-state index is -4.21. The topological polar surface area (TPSA) is 0 Å². The van der Waals surface area contributed by atoms with Crippen molar-refractivity contribution in [1.82, 2.24) is 0 Å². The van der Waals surface area contributed by atoms with Crippen LogP contribution in [0.2, 0.25) is 0 Å². The van der Waals surface area contributed by atoms with Crippen LogP contribution in [0.1, 0.15) is 31.7 Å². The molecule has 0 fully saturated rings. The Kier molecular flexibility index (Phi) is 3.02. The summed E-state index contributed by atoms with van der Waals surface area (Å²) in [5.41, 5.74) is -0.889. The molecule has 92 valence electrons. The number of benzene rings is 1. The summed E-state index contributed by atoms with van der Waals surface area (Å²) < 4.78 is 39.6. The lowest BCUT2D eigenvalue weighted by atomic mass is 9.88. The molecule has 0 bridgehead atoms. The van der Waals surface area contributed by atoms with Crippen LogP contribution in [0.15, 0.2) is 42.0 Å². The highest BCUT2D eigenvalue weighted by Crippen LogP contribution is 2.58. The molecule has 0 nitrogen and oxygen atoms in total. The van der Waals surface area contributed by atoms with Crippen LogP contribution < -0.4 is 0 Å². The van der Waals surface area contributed by atoms with E-state index in [1.807, 2.05) is 6.92 Å². The molecule has 1 unspecified atom stereocenters. The first-order chi connectivity index (χ1) is 8.02. The Balaban J connectivity index is 2.25. The van der Waals surface area contributed by atoms with Crippen molar-refractivity contribution in [3.05, 3.63) is 47.5 Å². The largest absolute Gasteiger partial charge is 0.405 e. The third-order valence-corrected chi connectivity index (χ3v) is 3.29. The molecule has 1 aliphatic rings. The first-order valence-electron chi connectivity index (χ1n) is 5.87. The highest BCUT2D eigenvalue weighted by molar-refractivity contribution is 5.57. The normalized spacial score (nSPS) is 23.4. The summed E-state index contributed by atoms with van der Waals surface area (Å²) in [5.74, 6) is 0. The summed E-state index contributed by atoms with van der Waals surface area (Å²) in [5, 5.41) is 0. The Morgan fingerprint density at radius 2 is 1.76 bits per heavy atom. The van der Waals surface area contributed by atoms with Gasteiger partial charge in [0, 0.05) is 0 Å². The molecule has 0 spiro atoms. The summed E-state index contributed by atoms with van der Waals surface area (Å²) >= 11 is 0. The molecule has 0 radical (unpaired) electrons. The van der Waals surface area contributed by atoms with Gasteiger partial charge in [-0.15, -0.1) is 0 Å². The van der Waals surface area contributed by atoms with Gasteiger partial charge >= 0.3 is 6.18 Å². The van der Waals surface area contributed by atoms with Crippen LogP contribution in [-0.4, -0.2) is 6.18 Å². The van der Waals surface area contributed by atoms with E-state index in [4.69, 9.17) is 0 Å². The van der Waals surface area contributed by atoms with Crippen molar-refractivity contribution in [3.63, 3.8) is 0 Å². The van der Waals surface area contributed by atoms with Crippen molar-refractivity contribution >= 4 is 0 Å². The average molecular weight is 240 g/mol. The maximum absolute atomic E-state index is 13.2. The quantitative estimate of drug-likeness (QED) is 0.674. The molecule has 0 amide bonds. The van der Waals surface area contributed by atoms with Gasteiger partial charge in [0.15, 0.2) is 0 Å². The number of hydrogen-bond acceptors (Lipinski definition) is 0. The second kappa shape index (κ2) is 4.21. The number of hydrogen-bond donors (Lipinski definition) is 0. The summed E-state index contributed by atoms with van der Waals surface area (Å²) in [6, 6.07) is 8.17. The van der Waals surface area contributed by atoms with E-state index >= 15 is 0 Å². The lowest BCUT2D eigenvalue weighted by Crippen LogP contribution is -2.32. The SMILES string of the molecule is CCCCC1=CC1(c1ccccc1)C(F)(F)F. The predicted molar refractivity (Wildman–Crippen MR) is 61.8 cm³/mol. The van der Waals surface area contributed by atoms with Gasteiger partial charge in [-0.3, -0.25) is 0 Å². The highest BCUT2D eigenvalue weighted by atomic mass is 19.4. The standard InChI is InChI=1S/C14H15F3/c1-2-3-7-12-10-13(12,14(15,16)17)11-8-5-4-6-9-11/h4-6,8-10H,2-3,7H2,1H3. The summed E-state index contributed by atoms with van der Waals surface area (Å²) in [4.78, 5) is 0. The molecule has 1 aromatic rings. The van der Waals surface area contributed by atoms with E-state index in [0.29, 0.717) is 17.6 Å². The molecule has 17 heavy (non-hydrogen) atoms. The maximum atomic E-state index is 13.2. The monoisotopic (exact) mass is 240 g/mol. The molecule has 0 heterocycles. The van der Waals surface area contributed by atoms with Crippen molar-refractivity contribution in [2.45, 2.75) is 37.8 Å². The van der Waals surface area contributed by atoms with Crippen LogP contribution in [0, 0.1) is 0 Å². The molecule has 0 saturated carbocycles. The molecule has 2 rings (SSSR count). The van der Waals surface area contributed by atoms with E-state index in [9.17, 15) is 13.2 Å². The van der Waals surface area contributed by atoms with Gasteiger partial charge in [-0.05, 0) is 24.0 Å². The Morgan fingerprint density at radius 3 is 2.29 bits per heavy atom. The van der Waals surface area contributed by atoms with E-state index in [0.717, 1.165) is 12.8 Å². The fourth-order valence-corrected chi connectivity index (χ4v) is 2.26. The molecular weight excluding hydrogens is 225 g/mol. The average Bonchev–Trinajstić information content (AvgIpc) is 3.03. The van der Waals surface area contributed by atoms with Gasteiger partial charge in [0.05, 0.1) is 0 Å². The van der Waals surface area contributed by atoms with Crippen LogP contribution in [-0.2, 0) is 5.41 Å². The lowest BCUT2D eigenvalue weighted by molar-refractivity contribution is -0.155. The van der Waals surface area contributed by atoms with E-state index in [2.05, 4.69) is 0 Å². The van der Waals surface area contributed by atoms with Gasteiger partial charge in [0.2, 0.25) is 0 Å². The Morgan fingerprint density at radius 1 is 1.12 bits per heavy atom. The highest BCUT2D eigenvalue weighted by Gasteiger charge is 2.63. The molecule has 3 heteroatoms. The fraction of sp³-hybridized carbons (Fsp3) is 0.429. The summed E-state index contributed by atoms with van der Waals surface area (Å²) in [6.45, 7) is 1.99. The van der Waals surface area contributed by atoms with Crippen molar-refractivity contribution < 1.29 is 13.2 Å². The van der Waals surface area contributed by atoms with E-state index in [-0.39, 0.29) is 0 Å². The van der Waals surface area contributed by atoms with Crippen molar-refractivity contribution in [3.8, 4) is 0 Å². The Hall–Kier alpha value is -1.25. The van der Waals surface area contributed by atoms with Gasteiger partial charge in [-0.25, -0.2) is 0 Å². The molecular formula is C14H15F3. The number of unbranched alkanes of at least 4 members (excludes halogenated alkanes) is 1. The summed E-state index contributed by atoms with van der Waals surface area (Å²) in [7, 11) is 0. The fourth-order valence-electron chi connectivity index (χ4n) is 2.26. The van der Waals surface area contributed by atoms with Crippen LogP contribution in [0.3, 0.4) is 0 Å². The van der Waals surface area contributed by atoms with Gasteiger partial charge in [0.25, 0.3) is 0 Å².